The number of para-hydroxylation sites is 1. The number of rotatable bonds is 4. The maximum Gasteiger partial charge on any atom is 0.257 e. The first-order chi connectivity index (χ1) is 11.5. The van der Waals surface area contributed by atoms with Crippen LogP contribution in [0.15, 0.2) is 30.5 Å². The molecule has 1 aromatic heterocycles. The molecule has 1 saturated heterocycles. The highest BCUT2D eigenvalue weighted by atomic mass is 35.5. The smallest absolute Gasteiger partial charge is 0.257 e. The van der Waals surface area contributed by atoms with E-state index in [1.165, 1.54) is 0 Å². The third-order valence-corrected chi connectivity index (χ3v) is 4.76. The lowest BCUT2D eigenvalue weighted by Crippen LogP contribution is -2.34. The zero-order chi connectivity index (χ0) is 17.3. The summed E-state index contributed by atoms with van der Waals surface area (Å²) in [5, 5.41) is 4.50. The molecular weight excluding hydrogens is 340 g/mol. The number of amides is 1. The van der Waals surface area contributed by atoms with E-state index in [1.54, 1.807) is 18.0 Å². The van der Waals surface area contributed by atoms with Gasteiger partial charge in [0.25, 0.3) is 5.91 Å². The zero-order valence-electron chi connectivity index (χ0n) is 14.9. The number of halogens is 1. The fourth-order valence-electron chi connectivity index (χ4n) is 3.22. The molecule has 0 aliphatic carbocycles. The van der Waals surface area contributed by atoms with E-state index in [2.05, 4.69) is 12.0 Å². The summed E-state index contributed by atoms with van der Waals surface area (Å²) in [6.07, 6.45) is 2.71. The Hall–Kier alpha value is -2.05. The van der Waals surface area contributed by atoms with Gasteiger partial charge in [-0.2, -0.15) is 5.10 Å². The number of carbonyl (C=O) groups excluding carboxylic acids is 1. The first-order valence-electron chi connectivity index (χ1n) is 8.14. The van der Waals surface area contributed by atoms with Crippen molar-refractivity contribution in [2.75, 3.05) is 26.7 Å². The number of carbonyl (C=O) groups is 1. The molecule has 1 aliphatic heterocycles. The van der Waals surface area contributed by atoms with Gasteiger partial charge in [-0.1, -0.05) is 19.1 Å². The lowest BCUT2D eigenvalue weighted by Gasteiger charge is -2.22. The molecule has 1 aliphatic rings. The van der Waals surface area contributed by atoms with Crippen LogP contribution < -0.4 is 10.5 Å². The van der Waals surface area contributed by atoms with E-state index in [-0.39, 0.29) is 23.7 Å². The van der Waals surface area contributed by atoms with E-state index < -0.39 is 0 Å². The molecule has 0 bridgehead atoms. The van der Waals surface area contributed by atoms with Gasteiger partial charge >= 0.3 is 0 Å². The van der Waals surface area contributed by atoms with Crippen molar-refractivity contribution in [2.45, 2.75) is 13.3 Å². The van der Waals surface area contributed by atoms with Crippen LogP contribution in [0.3, 0.4) is 0 Å². The van der Waals surface area contributed by atoms with Crippen molar-refractivity contribution in [3.63, 3.8) is 0 Å². The van der Waals surface area contributed by atoms with Crippen molar-refractivity contribution in [1.29, 1.82) is 0 Å². The zero-order valence-corrected chi connectivity index (χ0v) is 15.7. The van der Waals surface area contributed by atoms with Crippen LogP contribution in [-0.2, 0) is 7.05 Å². The second kappa shape index (κ2) is 7.45. The van der Waals surface area contributed by atoms with Gasteiger partial charge in [-0.15, -0.1) is 12.4 Å². The molecule has 1 atom stereocenters. The predicted molar refractivity (Wildman–Crippen MR) is 100 cm³/mol. The van der Waals surface area contributed by atoms with Gasteiger partial charge in [0.15, 0.2) is 0 Å². The topological polar surface area (TPSA) is 73.4 Å². The molecule has 1 unspecified atom stereocenters. The summed E-state index contributed by atoms with van der Waals surface area (Å²) in [4.78, 5) is 14.9. The van der Waals surface area contributed by atoms with Crippen LogP contribution >= 0.6 is 12.4 Å². The Bertz CT molecular complexity index is 761. The Balaban J connectivity index is 0.00000225. The van der Waals surface area contributed by atoms with Gasteiger partial charge < -0.3 is 15.4 Å². The number of nitrogens with two attached hydrogens (primary N) is 1. The predicted octanol–water partition coefficient (Wildman–Crippen LogP) is 2.33. The first kappa shape index (κ1) is 19.3. The molecule has 2 heterocycles. The van der Waals surface area contributed by atoms with Crippen LogP contribution in [0.25, 0.3) is 11.3 Å². The van der Waals surface area contributed by atoms with Crippen molar-refractivity contribution in [2.24, 2.45) is 18.2 Å². The highest BCUT2D eigenvalue weighted by molar-refractivity contribution is 6.00. The van der Waals surface area contributed by atoms with Gasteiger partial charge in [-0.3, -0.25) is 9.48 Å². The number of ether oxygens (including phenoxy) is 1. The van der Waals surface area contributed by atoms with Crippen LogP contribution in [0.4, 0.5) is 0 Å². The summed E-state index contributed by atoms with van der Waals surface area (Å²) in [5.41, 5.74) is 7.94. The van der Waals surface area contributed by atoms with E-state index >= 15 is 0 Å². The number of benzene rings is 1. The molecule has 2 N–H and O–H groups in total. The summed E-state index contributed by atoms with van der Waals surface area (Å²) in [5.74, 6) is 0.708. The molecule has 6 nitrogen and oxygen atoms in total. The monoisotopic (exact) mass is 364 g/mol. The largest absolute Gasteiger partial charge is 0.496 e. The molecular formula is C18H25ClN4O2. The number of nitrogens with zero attached hydrogens (tertiary/aromatic N) is 3. The van der Waals surface area contributed by atoms with Crippen molar-refractivity contribution in [3.8, 4) is 17.0 Å². The molecule has 2 aromatic rings. The Morgan fingerprint density at radius 3 is 2.76 bits per heavy atom. The van der Waals surface area contributed by atoms with Crippen LogP contribution in [0.5, 0.6) is 5.75 Å². The first-order valence-corrected chi connectivity index (χ1v) is 8.14. The molecule has 1 aromatic carbocycles. The lowest BCUT2D eigenvalue weighted by molar-refractivity contribution is 0.0777. The normalized spacial score (nSPS) is 19.6. The summed E-state index contributed by atoms with van der Waals surface area (Å²) in [6, 6.07) is 7.62. The van der Waals surface area contributed by atoms with E-state index in [1.807, 2.05) is 36.2 Å². The number of hydrogen-bond donors (Lipinski definition) is 1. The van der Waals surface area contributed by atoms with Gasteiger partial charge in [0, 0.05) is 31.9 Å². The van der Waals surface area contributed by atoms with Crippen LogP contribution in [0, 0.1) is 5.41 Å². The summed E-state index contributed by atoms with van der Waals surface area (Å²) >= 11 is 0. The average Bonchev–Trinajstić information content (AvgIpc) is 3.18. The molecule has 0 radical (unpaired) electrons. The third-order valence-electron chi connectivity index (χ3n) is 4.76. The van der Waals surface area contributed by atoms with Crippen molar-refractivity contribution in [1.82, 2.24) is 14.7 Å². The molecule has 136 valence electrons. The SMILES string of the molecule is COc1ccccc1-c1nn(C)cc1C(=O)N1CCC(C)(CN)C1.Cl. The van der Waals surface area contributed by atoms with E-state index in [0.717, 1.165) is 18.5 Å². The Labute approximate surface area is 154 Å². The fraction of sp³-hybridized carbons (Fsp3) is 0.444. The summed E-state index contributed by atoms with van der Waals surface area (Å²) < 4.78 is 7.10. The maximum atomic E-state index is 13.0. The third kappa shape index (κ3) is 3.65. The number of aromatic nitrogens is 2. The van der Waals surface area contributed by atoms with Gasteiger partial charge in [-0.05, 0) is 30.5 Å². The van der Waals surface area contributed by atoms with Crippen molar-refractivity contribution >= 4 is 18.3 Å². The van der Waals surface area contributed by atoms with Crippen LogP contribution in [0.1, 0.15) is 23.7 Å². The van der Waals surface area contributed by atoms with Crippen molar-refractivity contribution in [3.05, 3.63) is 36.0 Å². The van der Waals surface area contributed by atoms with Crippen molar-refractivity contribution < 1.29 is 9.53 Å². The molecule has 7 heteroatoms. The summed E-state index contributed by atoms with van der Waals surface area (Å²) in [6.45, 7) is 4.13. The number of hydrogen-bond acceptors (Lipinski definition) is 4. The van der Waals surface area contributed by atoms with Gasteiger partial charge in [0.2, 0.25) is 0 Å². The molecule has 0 spiro atoms. The van der Waals surface area contributed by atoms with Gasteiger partial charge in [-0.25, -0.2) is 0 Å². The highest BCUT2D eigenvalue weighted by Gasteiger charge is 2.36. The number of methoxy groups -OCH3 is 1. The Morgan fingerprint density at radius 2 is 2.12 bits per heavy atom. The van der Waals surface area contributed by atoms with E-state index in [4.69, 9.17) is 10.5 Å². The van der Waals surface area contributed by atoms with Crippen LogP contribution in [0.2, 0.25) is 0 Å². The quantitative estimate of drug-likeness (QED) is 0.903. The van der Waals surface area contributed by atoms with Crippen LogP contribution in [-0.4, -0.2) is 47.3 Å². The van der Waals surface area contributed by atoms with Gasteiger partial charge in [0.05, 0.1) is 12.7 Å². The lowest BCUT2D eigenvalue weighted by atomic mass is 9.90. The second-order valence-electron chi connectivity index (χ2n) is 6.76. The Morgan fingerprint density at radius 1 is 1.40 bits per heavy atom. The van der Waals surface area contributed by atoms with Gasteiger partial charge in [0.1, 0.15) is 11.4 Å². The Kier molecular flexibility index (Phi) is 5.75. The standard InChI is InChI=1S/C18H24N4O2.ClH/c1-18(11-19)8-9-22(12-18)17(23)14-10-21(2)20-16(14)13-6-4-5-7-15(13)24-3;/h4-7,10H,8-9,11-12,19H2,1-3H3;1H. The minimum atomic E-state index is 0. The molecule has 3 rings (SSSR count). The second-order valence-corrected chi connectivity index (χ2v) is 6.76. The maximum absolute atomic E-state index is 13.0. The fourth-order valence-corrected chi connectivity index (χ4v) is 3.22. The summed E-state index contributed by atoms with van der Waals surface area (Å²) in [7, 11) is 3.44. The molecule has 1 amide bonds. The minimum Gasteiger partial charge on any atom is -0.496 e. The van der Waals surface area contributed by atoms with E-state index in [0.29, 0.717) is 30.1 Å². The molecule has 0 saturated carbocycles. The highest BCUT2D eigenvalue weighted by Crippen LogP contribution is 2.34. The molecule has 25 heavy (non-hydrogen) atoms. The molecule has 1 fully saturated rings. The number of aryl methyl sites for hydroxylation is 1. The number of likely N-dealkylation sites (tertiary alicyclic amines) is 1. The minimum absolute atomic E-state index is 0. The van der Waals surface area contributed by atoms with E-state index in [9.17, 15) is 4.79 Å². The average molecular weight is 365 g/mol.